The molecular formula is C49H31N5. The van der Waals surface area contributed by atoms with Crippen LogP contribution in [-0.4, -0.2) is 24.1 Å². The molecule has 3 aromatic heterocycles. The summed E-state index contributed by atoms with van der Waals surface area (Å²) < 4.78 is 4.88. The minimum Gasteiger partial charge on any atom is -0.307 e. The summed E-state index contributed by atoms with van der Waals surface area (Å²) >= 11 is 0. The number of hydrogen-bond acceptors (Lipinski definition) is 3. The van der Waals surface area contributed by atoms with Gasteiger partial charge in [-0.15, -0.1) is 0 Å². The smallest absolute Gasteiger partial charge is 0.164 e. The number of hydrogen-bond donors (Lipinski definition) is 0. The van der Waals surface area contributed by atoms with Crippen LogP contribution in [0.1, 0.15) is 0 Å². The molecule has 0 saturated carbocycles. The van der Waals surface area contributed by atoms with Crippen molar-refractivity contribution < 1.29 is 0 Å². The monoisotopic (exact) mass is 689 g/mol. The van der Waals surface area contributed by atoms with Crippen molar-refractivity contribution in [3.8, 4) is 45.5 Å². The van der Waals surface area contributed by atoms with Crippen LogP contribution in [0.2, 0.25) is 0 Å². The molecule has 3 heterocycles. The molecule has 0 spiro atoms. The van der Waals surface area contributed by atoms with Gasteiger partial charge in [0.25, 0.3) is 0 Å². The molecule has 252 valence electrons. The fourth-order valence-electron chi connectivity index (χ4n) is 8.23. The summed E-state index contributed by atoms with van der Waals surface area (Å²) in [7, 11) is 0. The summed E-state index contributed by atoms with van der Waals surface area (Å²) in [6, 6.07) is 66.2. The lowest BCUT2D eigenvalue weighted by Gasteiger charge is -2.16. The van der Waals surface area contributed by atoms with Crippen LogP contribution >= 0.6 is 0 Å². The van der Waals surface area contributed by atoms with Crippen LogP contribution in [0.3, 0.4) is 0 Å². The van der Waals surface area contributed by atoms with E-state index in [1.165, 1.54) is 27.1 Å². The summed E-state index contributed by atoms with van der Waals surface area (Å²) in [6.45, 7) is 0. The summed E-state index contributed by atoms with van der Waals surface area (Å²) in [5, 5.41) is 7.08. The molecule has 0 aliphatic rings. The largest absolute Gasteiger partial charge is 0.307 e. The van der Waals surface area contributed by atoms with Gasteiger partial charge in [-0.05, 0) is 35.7 Å². The molecule has 0 amide bonds. The molecule has 0 bridgehead atoms. The summed E-state index contributed by atoms with van der Waals surface area (Å²) in [5.74, 6) is 1.92. The third-order valence-corrected chi connectivity index (χ3v) is 10.6. The van der Waals surface area contributed by atoms with Crippen LogP contribution in [-0.2, 0) is 0 Å². The molecular weight excluding hydrogens is 659 g/mol. The van der Waals surface area contributed by atoms with Crippen molar-refractivity contribution in [3.05, 3.63) is 188 Å². The fourth-order valence-corrected chi connectivity index (χ4v) is 8.23. The van der Waals surface area contributed by atoms with Gasteiger partial charge < -0.3 is 9.13 Å². The molecule has 0 atom stereocenters. The van der Waals surface area contributed by atoms with E-state index in [9.17, 15) is 0 Å². The van der Waals surface area contributed by atoms with Gasteiger partial charge in [0, 0.05) is 43.6 Å². The van der Waals surface area contributed by atoms with E-state index in [1.54, 1.807) is 0 Å². The molecule has 5 heteroatoms. The molecule has 0 unspecified atom stereocenters. The van der Waals surface area contributed by atoms with Gasteiger partial charge in [-0.2, -0.15) is 0 Å². The van der Waals surface area contributed by atoms with Crippen molar-refractivity contribution in [3.63, 3.8) is 0 Å². The van der Waals surface area contributed by atoms with E-state index >= 15 is 0 Å². The molecule has 0 aliphatic carbocycles. The standard InChI is InChI=1S/C49H31N5/c1-3-17-33(18-4-1)47-50-48(34-19-5-2-6-20-34)52-49(51-47)39-26-15-30-43-45(39)38-24-10-12-28-42(38)53(43)44-31-14-25-37-36-23-9-11-27-41(36)54(46(37)44)40-29-13-21-32-16-7-8-22-35(32)40/h1-31H. The van der Waals surface area contributed by atoms with Gasteiger partial charge in [-0.3, -0.25) is 0 Å². The van der Waals surface area contributed by atoms with E-state index in [0.29, 0.717) is 17.5 Å². The van der Waals surface area contributed by atoms with Crippen LogP contribution in [0.15, 0.2) is 188 Å². The lowest BCUT2D eigenvalue weighted by Crippen LogP contribution is -2.02. The second-order valence-electron chi connectivity index (χ2n) is 13.6. The Morgan fingerprint density at radius 2 is 0.815 bits per heavy atom. The Labute approximate surface area is 311 Å². The van der Waals surface area contributed by atoms with Gasteiger partial charge in [-0.25, -0.2) is 15.0 Å². The fraction of sp³-hybridized carbons (Fsp3) is 0. The van der Waals surface area contributed by atoms with Gasteiger partial charge in [0.1, 0.15) is 0 Å². The van der Waals surface area contributed by atoms with Crippen LogP contribution in [0.25, 0.3) is 99.9 Å². The van der Waals surface area contributed by atoms with Gasteiger partial charge in [0.15, 0.2) is 17.5 Å². The molecule has 0 radical (unpaired) electrons. The Balaban J connectivity index is 1.24. The van der Waals surface area contributed by atoms with E-state index in [-0.39, 0.29) is 0 Å². The Bertz CT molecular complexity index is 3150. The average molecular weight is 690 g/mol. The molecule has 8 aromatic carbocycles. The Morgan fingerprint density at radius 1 is 0.315 bits per heavy atom. The average Bonchev–Trinajstić information content (AvgIpc) is 3.77. The van der Waals surface area contributed by atoms with E-state index in [1.807, 2.05) is 36.4 Å². The third-order valence-electron chi connectivity index (χ3n) is 10.6. The first-order chi connectivity index (χ1) is 26.8. The molecule has 0 saturated heterocycles. The van der Waals surface area contributed by atoms with E-state index in [4.69, 9.17) is 15.0 Å². The highest BCUT2D eigenvalue weighted by Gasteiger charge is 2.23. The lowest BCUT2D eigenvalue weighted by atomic mass is 10.1. The van der Waals surface area contributed by atoms with Crippen LogP contribution < -0.4 is 0 Å². The van der Waals surface area contributed by atoms with Gasteiger partial charge in [0.05, 0.1) is 33.4 Å². The first-order valence-electron chi connectivity index (χ1n) is 18.2. The first kappa shape index (κ1) is 30.3. The molecule has 0 fully saturated rings. The molecule has 5 nitrogen and oxygen atoms in total. The molecule has 11 rings (SSSR count). The minimum absolute atomic E-state index is 0.638. The number of para-hydroxylation sites is 3. The molecule has 0 N–H and O–H groups in total. The highest BCUT2D eigenvalue weighted by Crippen LogP contribution is 2.42. The summed E-state index contributed by atoms with van der Waals surface area (Å²) in [4.78, 5) is 15.3. The third kappa shape index (κ3) is 4.62. The Kier molecular flexibility index (Phi) is 6.79. The van der Waals surface area contributed by atoms with Crippen LogP contribution in [0.4, 0.5) is 0 Å². The van der Waals surface area contributed by atoms with Crippen molar-refractivity contribution in [2.45, 2.75) is 0 Å². The van der Waals surface area contributed by atoms with Crippen molar-refractivity contribution in [1.82, 2.24) is 24.1 Å². The summed E-state index contributed by atoms with van der Waals surface area (Å²) in [6.07, 6.45) is 0. The second kappa shape index (κ2) is 12.1. The Hall–Kier alpha value is -7.37. The van der Waals surface area contributed by atoms with Gasteiger partial charge in [-0.1, -0.05) is 158 Å². The second-order valence-corrected chi connectivity index (χ2v) is 13.6. The maximum atomic E-state index is 5.16. The predicted molar refractivity (Wildman–Crippen MR) is 222 cm³/mol. The number of benzene rings is 8. The lowest BCUT2D eigenvalue weighted by molar-refractivity contribution is 1.08. The number of nitrogens with zero attached hydrogens (tertiary/aromatic N) is 5. The zero-order chi connectivity index (χ0) is 35.6. The van der Waals surface area contributed by atoms with Gasteiger partial charge >= 0.3 is 0 Å². The first-order valence-corrected chi connectivity index (χ1v) is 18.2. The number of rotatable bonds is 5. The maximum Gasteiger partial charge on any atom is 0.164 e. The molecule has 11 aromatic rings. The van der Waals surface area contributed by atoms with Crippen molar-refractivity contribution in [2.75, 3.05) is 0 Å². The van der Waals surface area contributed by atoms with Crippen molar-refractivity contribution >= 4 is 54.4 Å². The van der Waals surface area contributed by atoms with Crippen LogP contribution in [0.5, 0.6) is 0 Å². The van der Waals surface area contributed by atoms with E-state index < -0.39 is 0 Å². The van der Waals surface area contributed by atoms with E-state index in [0.717, 1.165) is 55.4 Å². The van der Waals surface area contributed by atoms with Crippen LogP contribution in [0, 0.1) is 0 Å². The van der Waals surface area contributed by atoms with Crippen molar-refractivity contribution in [1.29, 1.82) is 0 Å². The minimum atomic E-state index is 0.638. The molecule has 0 aliphatic heterocycles. The zero-order valence-electron chi connectivity index (χ0n) is 29.1. The SMILES string of the molecule is c1ccc(-c2nc(-c3ccccc3)nc(-c3cccc4c3c3ccccc3n4-c3cccc4c5ccccc5n(-c5cccc6ccccc56)c34)n2)cc1. The zero-order valence-corrected chi connectivity index (χ0v) is 29.1. The number of fused-ring (bicyclic) bond motifs is 7. The number of aromatic nitrogens is 5. The highest BCUT2D eigenvalue weighted by atomic mass is 15.1. The quantitative estimate of drug-likeness (QED) is 0.181. The van der Waals surface area contributed by atoms with Gasteiger partial charge in [0.2, 0.25) is 0 Å². The topological polar surface area (TPSA) is 48.5 Å². The molecule has 54 heavy (non-hydrogen) atoms. The Morgan fingerprint density at radius 3 is 1.56 bits per heavy atom. The van der Waals surface area contributed by atoms with Crippen molar-refractivity contribution in [2.24, 2.45) is 0 Å². The van der Waals surface area contributed by atoms with E-state index in [2.05, 4.69) is 161 Å². The highest BCUT2D eigenvalue weighted by molar-refractivity contribution is 6.18. The normalized spacial score (nSPS) is 11.7. The predicted octanol–water partition coefficient (Wildman–Crippen LogP) is 12.2. The summed E-state index contributed by atoms with van der Waals surface area (Å²) in [5.41, 5.74) is 9.63. The maximum absolute atomic E-state index is 5.16.